The van der Waals surface area contributed by atoms with Crippen LogP contribution in [0.2, 0.25) is 0 Å². The molecule has 0 amide bonds. The topological polar surface area (TPSA) is 34.1 Å². The van der Waals surface area contributed by atoms with Crippen LogP contribution in [0.1, 0.15) is 26.3 Å². The molecule has 4 heteroatoms. The van der Waals surface area contributed by atoms with Crippen LogP contribution >= 0.6 is 15.9 Å². The monoisotopic (exact) mass is 334 g/mol. The standard InChI is InChI=1S/C16H19BrN2O/c1-16(2,3)19-14-8-5-9-15(18-14)20-11-12-6-4-7-13(17)10-12/h4-10H,11H2,1-3H3,(H,18,19). The van der Waals surface area contributed by atoms with Crippen LogP contribution in [0.25, 0.3) is 0 Å². The third-order valence-electron chi connectivity index (χ3n) is 2.50. The van der Waals surface area contributed by atoms with Gasteiger partial charge in [-0.25, -0.2) is 0 Å². The van der Waals surface area contributed by atoms with Gasteiger partial charge in [-0.2, -0.15) is 4.98 Å². The number of ether oxygens (including phenoxy) is 1. The fourth-order valence-corrected chi connectivity index (χ4v) is 2.18. The van der Waals surface area contributed by atoms with Crippen LogP contribution in [-0.4, -0.2) is 10.5 Å². The summed E-state index contributed by atoms with van der Waals surface area (Å²) in [6.45, 7) is 6.81. The van der Waals surface area contributed by atoms with E-state index in [1.54, 1.807) is 0 Å². The first-order valence-corrected chi connectivity index (χ1v) is 7.34. The van der Waals surface area contributed by atoms with Gasteiger partial charge in [0, 0.05) is 16.1 Å². The van der Waals surface area contributed by atoms with Crippen molar-refractivity contribution in [3.8, 4) is 5.88 Å². The van der Waals surface area contributed by atoms with Gasteiger partial charge in [0.05, 0.1) is 0 Å². The van der Waals surface area contributed by atoms with E-state index in [-0.39, 0.29) is 5.54 Å². The number of nitrogens with one attached hydrogen (secondary N) is 1. The molecule has 0 aliphatic carbocycles. The van der Waals surface area contributed by atoms with Gasteiger partial charge in [0.2, 0.25) is 5.88 Å². The highest BCUT2D eigenvalue weighted by Crippen LogP contribution is 2.18. The van der Waals surface area contributed by atoms with E-state index < -0.39 is 0 Å². The van der Waals surface area contributed by atoms with Gasteiger partial charge in [-0.1, -0.05) is 34.1 Å². The Bertz CT molecular complexity index is 579. The lowest BCUT2D eigenvalue weighted by Gasteiger charge is -2.21. The lowest BCUT2D eigenvalue weighted by atomic mass is 10.1. The third kappa shape index (κ3) is 4.85. The zero-order chi connectivity index (χ0) is 14.6. The smallest absolute Gasteiger partial charge is 0.215 e. The van der Waals surface area contributed by atoms with Gasteiger partial charge in [0.1, 0.15) is 12.4 Å². The van der Waals surface area contributed by atoms with Crippen LogP contribution < -0.4 is 10.1 Å². The zero-order valence-corrected chi connectivity index (χ0v) is 13.6. The van der Waals surface area contributed by atoms with Gasteiger partial charge in [-0.3, -0.25) is 0 Å². The van der Waals surface area contributed by atoms with Crippen LogP contribution in [0.4, 0.5) is 5.82 Å². The van der Waals surface area contributed by atoms with Crippen molar-refractivity contribution in [2.45, 2.75) is 32.9 Å². The van der Waals surface area contributed by atoms with E-state index in [0.717, 1.165) is 15.9 Å². The number of rotatable bonds is 4. The molecule has 1 aromatic heterocycles. The highest BCUT2D eigenvalue weighted by Gasteiger charge is 2.10. The molecule has 0 spiro atoms. The van der Waals surface area contributed by atoms with Crippen molar-refractivity contribution in [1.29, 1.82) is 0 Å². The Morgan fingerprint density at radius 1 is 1.15 bits per heavy atom. The Hall–Kier alpha value is -1.55. The van der Waals surface area contributed by atoms with Crippen molar-refractivity contribution in [2.75, 3.05) is 5.32 Å². The largest absolute Gasteiger partial charge is 0.473 e. The molecule has 0 aliphatic rings. The fourth-order valence-electron chi connectivity index (χ4n) is 1.73. The summed E-state index contributed by atoms with van der Waals surface area (Å²) in [6, 6.07) is 13.8. The Labute approximate surface area is 128 Å². The van der Waals surface area contributed by atoms with E-state index >= 15 is 0 Å². The molecule has 0 aliphatic heterocycles. The van der Waals surface area contributed by atoms with Gasteiger partial charge in [0.15, 0.2) is 0 Å². The molecule has 0 bridgehead atoms. The highest BCUT2D eigenvalue weighted by molar-refractivity contribution is 9.10. The van der Waals surface area contributed by atoms with Crippen LogP contribution in [0, 0.1) is 0 Å². The Morgan fingerprint density at radius 3 is 2.60 bits per heavy atom. The summed E-state index contributed by atoms with van der Waals surface area (Å²) < 4.78 is 6.78. The van der Waals surface area contributed by atoms with E-state index in [2.05, 4.69) is 47.0 Å². The molecule has 0 radical (unpaired) electrons. The number of benzene rings is 1. The minimum Gasteiger partial charge on any atom is -0.473 e. The van der Waals surface area contributed by atoms with Crippen molar-refractivity contribution in [3.63, 3.8) is 0 Å². The third-order valence-corrected chi connectivity index (χ3v) is 3.00. The molecular formula is C16H19BrN2O. The molecule has 0 saturated heterocycles. The highest BCUT2D eigenvalue weighted by atomic mass is 79.9. The maximum atomic E-state index is 5.73. The fraction of sp³-hybridized carbons (Fsp3) is 0.312. The SMILES string of the molecule is CC(C)(C)Nc1cccc(OCc2cccc(Br)c2)n1. The van der Waals surface area contributed by atoms with Crippen LogP contribution in [0.3, 0.4) is 0 Å². The number of anilines is 1. The summed E-state index contributed by atoms with van der Waals surface area (Å²) in [4.78, 5) is 4.45. The number of nitrogens with zero attached hydrogens (tertiary/aromatic N) is 1. The molecule has 2 aromatic rings. The van der Waals surface area contributed by atoms with Crippen LogP contribution in [-0.2, 0) is 6.61 Å². The molecule has 1 N–H and O–H groups in total. The molecular weight excluding hydrogens is 316 g/mol. The first kappa shape index (κ1) is 14.9. The summed E-state index contributed by atoms with van der Waals surface area (Å²) in [5.41, 5.74) is 1.09. The molecule has 2 rings (SSSR count). The van der Waals surface area contributed by atoms with Gasteiger partial charge in [0.25, 0.3) is 0 Å². The normalized spacial score (nSPS) is 11.2. The Balaban J connectivity index is 2.01. The van der Waals surface area contributed by atoms with E-state index in [0.29, 0.717) is 12.5 Å². The van der Waals surface area contributed by atoms with Crippen molar-refractivity contribution >= 4 is 21.7 Å². The van der Waals surface area contributed by atoms with E-state index in [1.807, 2.05) is 42.5 Å². The molecule has 106 valence electrons. The van der Waals surface area contributed by atoms with Gasteiger partial charge in [-0.15, -0.1) is 0 Å². The van der Waals surface area contributed by atoms with Crippen molar-refractivity contribution in [1.82, 2.24) is 4.98 Å². The molecule has 0 atom stereocenters. The van der Waals surface area contributed by atoms with Gasteiger partial charge in [-0.05, 0) is 44.5 Å². The predicted octanol–water partition coefficient (Wildman–Crippen LogP) is 4.63. The summed E-state index contributed by atoms with van der Waals surface area (Å²) in [7, 11) is 0. The molecule has 0 saturated carbocycles. The minimum atomic E-state index is -0.0179. The minimum absolute atomic E-state index is 0.0179. The molecule has 3 nitrogen and oxygen atoms in total. The Kier molecular flexibility index (Phi) is 4.65. The first-order valence-electron chi connectivity index (χ1n) is 6.55. The number of halogens is 1. The second-order valence-corrected chi connectivity index (χ2v) is 6.57. The quantitative estimate of drug-likeness (QED) is 0.884. The Morgan fingerprint density at radius 2 is 1.90 bits per heavy atom. The molecule has 1 heterocycles. The lowest BCUT2D eigenvalue weighted by molar-refractivity contribution is 0.294. The number of hydrogen-bond acceptors (Lipinski definition) is 3. The lowest BCUT2D eigenvalue weighted by Crippen LogP contribution is -2.26. The van der Waals surface area contributed by atoms with Gasteiger partial charge >= 0.3 is 0 Å². The maximum absolute atomic E-state index is 5.73. The predicted molar refractivity (Wildman–Crippen MR) is 86.1 cm³/mol. The van der Waals surface area contributed by atoms with Crippen molar-refractivity contribution in [3.05, 3.63) is 52.5 Å². The van der Waals surface area contributed by atoms with E-state index in [4.69, 9.17) is 4.74 Å². The number of aromatic nitrogens is 1. The molecule has 20 heavy (non-hydrogen) atoms. The zero-order valence-electron chi connectivity index (χ0n) is 12.0. The average Bonchev–Trinajstić information content (AvgIpc) is 2.35. The second kappa shape index (κ2) is 6.27. The number of hydrogen-bond donors (Lipinski definition) is 1. The number of pyridine rings is 1. The molecule has 0 fully saturated rings. The molecule has 0 unspecified atom stereocenters. The van der Waals surface area contributed by atoms with Crippen LogP contribution in [0.15, 0.2) is 46.9 Å². The second-order valence-electron chi connectivity index (χ2n) is 5.65. The van der Waals surface area contributed by atoms with E-state index in [1.165, 1.54) is 0 Å². The first-order chi connectivity index (χ1) is 9.42. The summed E-state index contributed by atoms with van der Waals surface area (Å²) in [5, 5.41) is 3.33. The maximum Gasteiger partial charge on any atom is 0.215 e. The van der Waals surface area contributed by atoms with E-state index in [9.17, 15) is 0 Å². The summed E-state index contributed by atoms with van der Waals surface area (Å²) >= 11 is 3.45. The van der Waals surface area contributed by atoms with Crippen molar-refractivity contribution in [2.24, 2.45) is 0 Å². The van der Waals surface area contributed by atoms with Crippen molar-refractivity contribution < 1.29 is 4.74 Å². The average molecular weight is 335 g/mol. The summed E-state index contributed by atoms with van der Waals surface area (Å²) in [6.07, 6.45) is 0. The summed E-state index contributed by atoms with van der Waals surface area (Å²) in [5.74, 6) is 1.45. The molecule has 1 aromatic carbocycles. The van der Waals surface area contributed by atoms with Gasteiger partial charge < -0.3 is 10.1 Å². The van der Waals surface area contributed by atoms with Crippen LogP contribution in [0.5, 0.6) is 5.88 Å².